The number of nitrogens with zero attached hydrogens (tertiary/aromatic N) is 1. The Morgan fingerprint density at radius 1 is 1.50 bits per heavy atom. The Balaban J connectivity index is 2.93. The van der Waals surface area contributed by atoms with Crippen LogP contribution in [-0.2, 0) is 11.1 Å². The molecule has 1 aromatic heterocycles. The van der Waals surface area contributed by atoms with E-state index < -0.39 is 11.1 Å². The van der Waals surface area contributed by atoms with Crippen LogP contribution in [0.1, 0.15) is 25.3 Å². The van der Waals surface area contributed by atoms with Crippen LogP contribution in [0.5, 0.6) is 0 Å². The normalized spacial score (nSPS) is 13.3. The largest absolute Gasteiger partial charge is 0.301 e. The molecule has 0 amide bonds. The lowest BCUT2D eigenvalue weighted by Crippen LogP contribution is -1.95. The SMILES string of the molecule is CC(C)c1ccc(S(=O)O)nc1. The number of hydrogen-bond donors (Lipinski definition) is 1. The van der Waals surface area contributed by atoms with Gasteiger partial charge in [-0.05, 0) is 17.5 Å². The minimum absolute atomic E-state index is 0.208. The van der Waals surface area contributed by atoms with Crippen LogP contribution in [0.2, 0.25) is 0 Å². The molecule has 0 aliphatic carbocycles. The van der Waals surface area contributed by atoms with Crippen molar-refractivity contribution in [2.45, 2.75) is 24.8 Å². The van der Waals surface area contributed by atoms with E-state index in [9.17, 15) is 4.21 Å². The van der Waals surface area contributed by atoms with E-state index in [0.717, 1.165) is 5.56 Å². The summed E-state index contributed by atoms with van der Waals surface area (Å²) in [6.07, 6.45) is 1.63. The molecule has 1 aromatic rings. The molecule has 0 radical (unpaired) electrons. The molecule has 0 bridgehead atoms. The van der Waals surface area contributed by atoms with Gasteiger partial charge in [0.25, 0.3) is 0 Å². The van der Waals surface area contributed by atoms with Gasteiger partial charge in [0, 0.05) is 6.20 Å². The second kappa shape index (κ2) is 3.78. The van der Waals surface area contributed by atoms with E-state index in [-0.39, 0.29) is 5.03 Å². The van der Waals surface area contributed by atoms with Crippen molar-refractivity contribution < 1.29 is 8.76 Å². The van der Waals surface area contributed by atoms with Crippen LogP contribution < -0.4 is 0 Å². The van der Waals surface area contributed by atoms with Crippen molar-refractivity contribution >= 4 is 11.1 Å². The summed E-state index contributed by atoms with van der Waals surface area (Å²) in [6.45, 7) is 4.10. The highest BCUT2D eigenvalue weighted by atomic mass is 32.2. The van der Waals surface area contributed by atoms with Crippen LogP contribution >= 0.6 is 0 Å². The Bertz CT molecular complexity index is 282. The molecular weight excluding hydrogens is 174 g/mol. The fourth-order valence-corrected chi connectivity index (χ4v) is 1.16. The highest BCUT2D eigenvalue weighted by Gasteiger charge is 2.02. The predicted octanol–water partition coefficient (Wildman–Crippen LogP) is 1.79. The molecule has 0 saturated heterocycles. The van der Waals surface area contributed by atoms with Crippen molar-refractivity contribution in [1.82, 2.24) is 4.98 Å². The van der Waals surface area contributed by atoms with E-state index in [1.165, 1.54) is 0 Å². The van der Waals surface area contributed by atoms with Gasteiger partial charge in [-0.25, -0.2) is 9.19 Å². The fraction of sp³-hybridized carbons (Fsp3) is 0.375. The number of pyridine rings is 1. The molecule has 66 valence electrons. The summed E-state index contributed by atoms with van der Waals surface area (Å²) in [4.78, 5) is 3.85. The summed E-state index contributed by atoms with van der Waals surface area (Å²) in [5, 5.41) is 0.208. The molecule has 1 rings (SSSR count). The number of rotatable bonds is 2. The first-order valence-electron chi connectivity index (χ1n) is 3.68. The average Bonchev–Trinajstić information content (AvgIpc) is 2.04. The molecule has 0 fully saturated rings. The standard InChI is InChI=1S/C8H11NO2S/c1-6(2)7-3-4-8(9-5-7)12(10)11/h3-6H,1-2H3,(H,10,11). The van der Waals surface area contributed by atoms with E-state index in [2.05, 4.69) is 4.98 Å². The molecule has 3 nitrogen and oxygen atoms in total. The number of aromatic nitrogens is 1. The van der Waals surface area contributed by atoms with Gasteiger partial charge >= 0.3 is 0 Å². The fourth-order valence-electron chi connectivity index (χ4n) is 0.837. The van der Waals surface area contributed by atoms with Gasteiger partial charge in [0.15, 0.2) is 5.03 Å². The molecular formula is C8H11NO2S. The maximum absolute atomic E-state index is 10.5. The monoisotopic (exact) mass is 185 g/mol. The van der Waals surface area contributed by atoms with Crippen LogP contribution in [0.25, 0.3) is 0 Å². The van der Waals surface area contributed by atoms with E-state index in [1.54, 1.807) is 12.3 Å². The lowest BCUT2D eigenvalue weighted by Gasteiger charge is -2.03. The number of hydrogen-bond acceptors (Lipinski definition) is 2. The van der Waals surface area contributed by atoms with E-state index >= 15 is 0 Å². The molecule has 4 heteroatoms. The van der Waals surface area contributed by atoms with Gasteiger partial charge in [0.1, 0.15) is 0 Å². The highest BCUT2D eigenvalue weighted by molar-refractivity contribution is 7.79. The second-order valence-electron chi connectivity index (χ2n) is 2.83. The van der Waals surface area contributed by atoms with E-state index in [1.807, 2.05) is 19.9 Å². The van der Waals surface area contributed by atoms with Gasteiger partial charge in [-0.15, -0.1) is 0 Å². The molecule has 1 N–H and O–H groups in total. The van der Waals surface area contributed by atoms with Crippen molar-refractivity contribution in [3.05, 3.63) is 23.9 Å². The first-order chi connectivity index (χ1) is 5.61. The van der Waals surface area contributed by atoms with E-state index in [0.29, 0.717) is 5.92 Å². The summed E-state index contributed by atoms with van der Waals surface area (Å²) in [7, 11) is 0. The molecule has 0 spiro atoms. The Hall–Kier alpha value is -0.740. The molecule has 1 heterocycles. The highest BCUT2D eigenvalue weighted by Crippen LogP contribution is 2.13. The van der Waals surface area contributed by atoms with Crippen molar-refractivity contribution in [3.63, 3.8) is 0 Å². The first-order valence-corrected chi connectivity index (χ1v) is 4.78. The Labute approximate surface area is 74.1 Å². The second-order valence-corrected chi connectivity index (χ2v) is 3.75. The first kappa shape index (κ1) is 9.35. The van der Waals surface area contributed by atoms with Crippen molar-refractivity contribution in [2.75, 3.05) is 0 Å². The molecule has 0 aliphatic rings. The van der Waals surface area contributed by atoms with Crippen molar-refractivity contribution in [1.29, 1.82) is 0 Å². The van der Waals surface area contributed by atoms with Gasteiger partial charge in [0.2, 0.25) is 11.1 Å². The minimum atomic E-state index is -1.96. The molecule has 1 atom stereocenters. The predicted molar refractivity (Wildman–Crippen MR) is 47.4 cm³/mol. The van der Waals surface area contributed by atoms with Crippen LogP contribution in [0.4, 0.5) is 0 Å². The third-order valence-corrected chi connectivity index (χ3v) is 2.20. The van der Waals surface area contributed by atoms with Crippen LogP contribution in [0, 0.1) is 0 Å². The van der Waals surface area contributed by atoms with Gasteiger partial charge in [-0.2, -0.15) is 0 Å². The molecule has 1 unspecified atom stereocenters. The van der Waals surface area contributed by atoms with Gasteiger partial charge in [0.05, 0.1) is 0 Å². The Morgan fingerprint density at radius 2 is 2.17 bits per heavy atom. The van der Waals surface area contributed by atoms with E-state index in [4.69, 9.17) is 4.55 Å². The third kappa shape index (κ3) is 2.12. The Morgan fingerprint density at radius 3 is 2.50 bits per heavy atom. The molecule has 0 aromatic carbocycles. The zero-order valence-corrected chi connectivity index (χ0v) is 7.84. The third-order valence-electron chi connectivity index (χ3n) is 1.60. The van der Waals surface area contributed by atoms with Crippen LogP contribution in [0.3, 0.4) is 0 Å². The summed E-state index contributed by atoms with van der Waals surface area (Å²) in [5.74, 6) is 0.402. The molecule has 0 aliphatic heterocycles. The zero-order valence-electron chi connectivity index (χ0n) is 7.02. The summed E-state index contributed by atoms with van der Waals surface area (Å²) >= 11 is -1.96. The topological polar surface area (TPSA) is 50.2 Å². The Kier molecular flexibility index (Phi) is 2.94. The van der Waals surface area contributed by atoms with Crippen molar-refractivity contribution in [3.8, 4) is 0 Å². The van der Waals surface area contributed by atoms with Gasteiger partial charge in [-0.1, -0.05) is 19.9 Å². The van der Waals surface area contributed by atoms with Crippen molar-refractivity contribution in [2.24, 2.45) is 0 Å². The maximum atomic E-state index is 10.5. The summed E-state index contributed by atoms with van der Waals surface area (Å²) in [5.41, 5.74) is 1.07. The lowest BCUT2D eigenvalue weighted by atomic mass is 10.1. The average molecular weight is 185 g/mol. The quantitative estimate of drug-likeness (QED) is 0.714. The zero-order chi connectivity index (χ0) is 9.14. The molecule has 0 saturated carbocycles. The van der Waals surface area contributed by atoms with Crippen LogP contribution in [0.15, 0.2) is 23.4 Å². The van der Waals surface area contributed by atoms with Gasteiger partial charge in [-0.3, -0.25) is 0 Å². The summed E-state index contributed by atoms with van der Waals surface area (Å²) < 4.78 is 19.2. The lowest BCUT2D eigenvalue weighted by molar-refractivity contribution is 0.560. The maximum Gasteiger partial charge on any atom is 0.205 e. The van der Waals surface area contributed by atoms with Gasteiger partial charge < -0.3 is 4.55 Å². The smallest absolute Gasteiger partial charge is 0.205 e. The summed E-state index contributed by atoms with van der Waals surface area (Å²) in [6, 6.07) is 3.40. The molecule has 12 heavy (non-hydrogen) atoms. The minimum Gasteiger partial charge on any atom is -0.301 e. The van der Waals surface area contributed by atoms with Crippen LogP contribution in [-0.4, -0.2) is 13.7 Å².